The fourth-order valence-electron chi connectivity index (χ4n) is 3.33. The number of hydrogen-bond acceptors (Lipinski definition) is 4. The summed E-state index contributed by atoms with van der Waals surface area (Å²) in [5.41, 5.74) is 7.52. The highest BCUT2D eigenvalue weighted by molar-refractivity contribution is 5.46. The summed E-state index contributed by atoms with van der Waals surface area (Å²) in [4.78, 5) is 6.49. The van der Waals surface area contributed by atoms with Crippen molar-refractivity contribution in [1.82, 2.24) is 9.88 Å². The van der Waals surface area contributed by atoms with Gasteiger partial charge in [-0.15, -0.1) is 0 Å². The Morgan fingerprint density at radius 3 is 2.20 bits per heavy atom. The van der Waals surface area contributed by atoms with E-state index in [2.05, 4.69) is 37.6 Å². The van der Waals surface area contributed by atoms with E-state index >= 15 is 0 Å². The van der Waals surface area contributed by atoms with Gasteiger partial charge in [0.05, 0.1) is 5.54 Å². The van der Waals surface area contributed by atoms with Crippen molar-refractivity contribution >= 4 is 5.82 Å². The quantitative estimate of drug-likeness (QED) is 0.805. The molecule has 0 amide bonds. The van der Waals surface area contributed by atoms with Crippen LogP contribution in [0.15, 0.2) is 12.3 Å². The first-order valence-corrected chi connectivity index (χ1v) is 7.62. The predicted molar refractivity (Wildman–Crippen MR) is 84.6 cm³/mol. The molecular weight excluding hydrogens is 250 g/mol. The average Bonchev–Trinajstić information content (AvgIpc) is 2.44. The van der Waals surface area contributed by atoms with Crippen molar-refractivity contribution in [2.24, 2.45) is 0 Å². The first-order chi connectivity index (χ1) is 9.48. The summed E-state index contributed by atoms with van der Waals surface area (Å²) < 4.78 is 0. The maximum absolute atomic E-state index is 11.1. The summed E-state index contributed by atoms with van der Waals surface area (Å²) in [6, 6.07) is 1.91. The number of nitrogens with zero attached hydrogens (tertiary/aromatic N) is 2. The SMILES string of the molecule is CCN(CC)C(CC)(CC)C(O)c1c(C)ccnc1N. The average molecular weight is 279 g/mol. The normalized spacial score (nSPS) is 13.8. The Balaban J connectivity index is 3.34. The number of pyridine rings is 1. The zero-order valence-corrected chi connectivity index (χ0v) is 13.5. The van der Waals surface area contributed by atoms with Crippen LogP contribution in [-0.4, -0.2) is 33.6 Å². The van der Waals surface area contributed by atoms with Crippen LogP contribution in [-0.2, 0) is 0 Å². The number of nitrogen functional groups attached to an aromatic ring is 1. The van der Waals surface area contributed by atoms with E-state index in [4.69, 9.17) is 5.73 Å². The zero-order chi connectivity index (χ0) is 15.3. The maximum atomic E-state index is 11.1. The number of anilines is 1. The lowest BCUT2D eigenvalue weighted by molar-refractivity contribution is -0.0366. The van der Waals surface area contributed by atoms with Crippen LogP contribution in [0, 0.1) is 6.92 Å². The minimum absolute atomic E-state index is 0.286. The van der Waals surface area contributed by atoms with E-state index in [9.17, 15) is 5.11 Å². The van der Waals surface area contributed by atoms with Gasteiger partial charge in [0, 0.05) is 11.8 Å². The second kappa shape index (κ2) is 7.04. The summed E-state index contributed by atoms with van der Waals surface area (Å²) in [6.07, 6.45) is 2.82. The molecule has 0 radical (unpaired) electrons. The number of rotatable bonds is 7. The predicted octanol–water partition coefficient (Wildman–Crippen LogP) is 2.91. The molecule has 0 spiro atoms. The minimum atomic E-state index is -0.619. The molecular formula is C16H29N3O. The largest absolute Gasteiger partial charge is 0.386 e. The Morgan fingerprint density at radius 2 is 1.80 bits per heavy atom. The molecule has 1 rings (SSSR count). The molecule has 0 saturated heterocycles. The lowest BCUT2D eigenvalue weighted by Gasteiger charge is -2.46. The molecule has 0 saturated carbocycles. The van der Waals surface area contributed by atoms with Gasteiger partial charge in [0.15, 0.2) is 0 Å². The van der Waals surface area contributed by atoms with E-state index < -0.39 is 6.10 Å². The van der Waals surface area contributed by atoms with Crippen LogP contribution in [0.2, 0.25) is 0 Å². The van der Waals surface area contributed by atoms with Crippen LogP contribution in [0.1, 0.15) is 57.8 Å². The second-order valence-corrected chi connectivity index (χ2v) is 5.31. The van der Waals surface area contributed by atoms with Crippen molar-refractivity contribution in [3.63, 3.8) is 0 Å². The van der Waals surface area contributed by atoms with Gasteiger partial charge >= 0.3 is 0 Å². The van der Waals surface area contributed by atoms with Crippen molar-refractivity contribution < 1.29 is 5.11 Å². The van der Waals surface area contributed by atoms with E-state index in [0.29, 0.717) is 5.82 Å². The molecule has 0 aliphatic rings. The zero-order valence-electron chi connectivity index (χ0n) is 13.5. The molecule has 0 aliphatic heterocycles. The van der Waals surface area contributed by atoms with Crippen LogP contribution >= 0.6 is 0 Å². The van der Waals surface area contributed by atoms with Gasteiger partial charge in [-0.25, -0.2) is 4.98 Å². The standard InChI is InChI=1S/C16H29N3O/c1-6-16(7-2,19(8-3)9-4)14(20)13-12(5)10-11-18-15(13)17/h10-11,14,20H,6-9H2,1-5H3,(H2,17,18). The van der Waals surface area contributed by atoms with Crippen LogP contribution < -0.4 is 5.73 Å². The molecule has 3 N–H and O–H groups in total. The van der Waals surface area contributed by atoms with Gasteiger partial charge in [0.1, 0.15) is 11.9 Å². The number of aliphatic hydroxyl groups is 1. The van der Waals surface area contributed by atoms with Crippen LogP contribution in [0.4, 0.5) is 5.82 Å². The van der Waals surface area contributed by atoms with Crippen molar-refractivity contribution in [2.75, 3.05) is 18.8 Å². The summed E-state index contributed by atoms with van der Waals surface area (Å²) >= 11 is 0. The molecule has 0 aliphatic carbocycles. The fraction of sp³-hybridized carbons (Fsp3) is 0.688. The Bertz CT molecular complexity index is 405. The molecule has 114 valence electrons. The van der Waals surface area contributed by atoms with Gasteiger partial charge in [-0.05, 0) is 44.5 Å². The summed E-state index contributed by atoms with van der Waals surface area (Å²) in [6.45, 7) is 12.3. The number of aliphatic hydroxyl groups excluding tert-OH is 1. The highest BCUT2D eigenvalue weighted by Crippen LogP contribution is 2.39. The smallest absolute Gasteiger partial charge is 0.129 e. The summed E-state index contributed by atoms with van der Waals surface area (Å²) in [5.74, 6) is 0.441. The second-order valence-electron chi connectivity index (χ2n) is 5.31. The monoisotopic (exact) mass is 279 g/mol. The van der Waals surface area contributed by atoms with Crippen molar-refractivity contribution in [2.45, 2.75) is 59.1 Å². The van der Waals surface area contributed by atoms with E-state index in [1.54, 1.807) is 6.20 Å². The van der Waals surface area contributed by atoms with Gasteiger partial charge in [-0.1, -0.05) is 27.7 Å². The molecule has 0 fully saturated rings. The maximum Gasteiger partial charge on any atom is 0.129 e. The summed E-state index contributed by atoms with van der Waals surface area (Å²) in [5, 5.41) is 11.1. The number of nitrogens with two attached hydrogens (primary N) is 1. The number of aromatic nitrogens is 1. The van der Waals surface area contributed by atoms with Crippen LogP contribution in [0.3, 0.4) is 0 Å². The number of aryl methyl sites for hydroxylation is 1. The van der Waals surface area contributed by atoms with Gasteiger partial charge < -0.3 is 10.8 Å². The lowest BCUT2D eigenvalue weighted by Crippen LogP contribution is -2.52. The van der Waals surface area contributed by atoms with Gasteiger partial charge in [0.25, 0.3) is 0 Å². The first kappa shape index (κ1) is 16.9. The van der Waals surface area contributed by atoms with Gasteiger partial charge in [-0.2, -0.15) is 0 Å². The van der Waals surface area contributed by atoms with E-state index in [1.807, 2.05) is 13.0 Å². The van der Waals surface area contributed by atoms with E-state index in [-0.39, 0.29) is 5.54 Å². The third kappa shape index (κ3) is 2.81. The molecule has 1 heterocycles. The van der Waals surface area contributed by atoms with E-state index in [0.717, 1.165) is 37.1 Å². The molecule has 1 aromatic heterocycles. The number of likely N-dealkylation sites (N-methyl/N-ethyl adjacent to an activating group) is 1. The lowest BCUT2D eigenvalue weighted by atomic mass is 9.80. The number of hydrogen-bond donors (Lipinski definition) is 2. The minimum Gasteiger partial charge on any atom is -0.386 e. The molecule has 1 unspecified atom stereocenters. The topological polar surface area (TPSA) is 62.4 Å². The first-order valence-electron chi connectivity index (χ1n) is 7.62. The Hall–Kier alpha value is -1.13. The molecule has 0 bridgehead atoms. The highest BCUT2D eigenvalue weighted by atomic mass is 16.3. The third-order valence-electron chi connectivity index (χ3n) is 4.64. The highest BCUT2D eigenvalue weighted by Gasteiger charge is 2.41. The third-order valence-corrected chi connectivity index (χ3v) is 4.64. The molecule has 4 heteroatoms. The van der Waals surface area contributed by atoms with Crippen molar-refractivity contribution in [1.29, 1.82) is 0 Å². The Morgan fingerprint density at radius 1 is 1.25 bits per heavy atom. The van der Waals surface area contributed by atoms with Gasteiger partial charge in [0.2, 0.25) is 0 Å². The summed E-state index contributed by atoms with van der Waals surface area (Å²) in [7, 11) is 0. The van der Waals surface area contributed by atoms with Crippen molar-refractivity contribution in [3.8, 4) is 0 Å². The molecule has 1 aromatic rings. The van der Waals surface area contributed by atoms with E-state index in [1.165, 1.54) is 0 Å². The van der Waals surface area contributed by atoms with Gasteiger partial charge in [-0.3, -0.25) is 4.90 Å². The molecule has 1 atom stereocenters. The Labute approximate surface area is 123 Å². The Kier molecular flexibility index (Phi) is 5.96. The van der Waals surface area contributed by atoms with Crippen LogP contribution in [0.25, 0.3) is 0 Å². The van der Waals surface area contributed by atoms with Crippen LogP contribution in [0.5, 0.6) is 0 Å². The fourth-order valence-corrected chi connectivity index (χ4v) is 3.33. The molecule has 0 aromatic carbocycles. The van der Waals surface area contributed by atoms with Crippen molar-refractivity contribution in [3.05, 3.63) is 23.4 Å². The molecule has 4 nitrogen and oxygen atoms in total. The molecule has 20 heavy (non-hydrogen) atoms.